The highest BCUT2D eigenvalue weighted by Crippen LogP contribution is 2.41. The number of nitriles is 2. The van der Waals surface area contributed by atoms with Crippen molar-refractivity contribution >= 4 is 63.7 Å². The molecule has 1 rings (SSSR count). The molecule has 0 spiro atoms. The van der Waals surface area contributed by atoms with E-state index in [1.807, 2.05) is 12.1 Å². The van der Waals surface area contributed by atoms with Crippen LogP contribution in [-0.4, -0.2) is 0 Å². The van der Waals surface area contributed by atoms with Gasteiger partial charge in [-0.05, 0) is 63.7 Å². The summed E-state index contributed by atoms with van der Waals surface area (Å²) in [5.74, 6) is 0. The summed E-state index contributed by atoms with van der Waals surface area (Å²) in [6.07, 6.45) is 0. The smallest absolute Gasteiger partial charge is 0.102 e. The van der Waals surface area contributed by atoms with Gasteiger partial charge in [0.15, 0.2) is 0 Å². The minimum absolute atomic E-state index is 0.314. The van der Waals surface area contributed by atoms with Gasteiger partial charge in [0, 0.05) is 8.95 Å². The zero-order chi connectivity index (χ0) is 10.9. The monoisotopic (exact) mass is 440 g/mol. The van der Waals surface area contributed by atoms with Gasteiger partial charge in [-0.3, -0.25) is 0 Å². The molecule has 0 saturated heterocycles. The van der Waals surface area contributed by atoms with Crippen LogP contribution in [0.2, 0.25) is 0 Å². The van der Waals surface area contributed by atoms with Crippen molar-refractivity contribution in [1.82, 2.24) is 0 Å². The van der Waals surface area contributed by atoms with Crippen molar-refractivity contribution in [2.24, 2.45) is 0 Å². The Kier molecular flexibility index (Phi) is 4.15. The lowest BCUT2D eigenvalue weighted by Crippen LogP contribution is -1.91. The predicted octanol–water partition coefficient (Wildman–Crippen LogP) is 4.48. The van der Waals surface area contributed by atoms with Crippen LogP contribution in [0.5, 0.6) is 0 Å². The van der Waals surface area contributed by atoms with Gasteiger partial charge < -0.3 is 0 Å². The van der Waals surface area contributed by atoms with Crippen molar-refractivity contribution in [2.45, 2.75) is 0 Å². The van der Waals surface area contributed by atoms with E-state index in [1.165, 1.54) is 0 Å². The first-order valence-electron chi connectivity index (χ1n) is 3.20. The van der Waals surface area contributed by atoms with Gasteiger partial charge in [-0.1, -0.05) is 0 Å². The van der Waals surface area contributed by atoms with Crippen LogP contribution in [0.15, 0.2) is 17.9 Å². The second kappa shape index (κ2) is 4.76. The number of nitrogens with zero attached hydrogens (tertiary/aromatic N) is 2. The third-order valence-corrected chi connectivity index (χ3v) is 6.26. The molecule has 0 saturated carbocycles. The van der Waals surface area contributed by atoms with Gasteiger partial charge in [-0.2, -0.15) is 10.5 Å². The molecule has 1 aromatic rings. The van der Waals surface area contributed by atoms with Crippen LogP contribution in [0.1, 0.15) is 11.1 Å². The Morgan fingerprint density at radius 2 is 0.929 bits per heavy atom. The van der Waals surface area contributed by atoms with E-state index in [0.29, 0.717) is 29.0 Å². The van der Waals surface area contributed by atoms with Gasteiger partial charge in [0.05, 0.1) is 20.1 Å². The highest BCUT2D eigenvalue weighted by molar-refractivity contribution is 9.15. The Bertz CT molecular complexity index is 437. The van der Waals surface area contributed by atoms with Gasteiger partial charge in [0.1, 0.15) is 12.1 Å². The molecule has 0 aliphatic carbocycles. The summed E-state index contributed by atoms with van der Waals surface area (Å²) in [5, 5.41) is 17.8. The van der Waals surface area contributed by atoms with Gasteiger partial charge in [0.25, 0.3) is 0 Å². The van der Waals surface area contributed by atoms with Gasteiger partial charge >= 0.3 is 0 Å². The van der Waals surface area contributed by atoms with E-state index in [2.05, 4.69) is 63.7 Å². The second-order valence-electron chi connectivity index (χ2n) is 2.23. The maximum absolute atomic E-state index is 8.88. The highest BCUT2D eigenvalue weighted by Gasteiger charge is 2.18. The number of benzene rings is 1. The minimum Gasteiger partial charge on any atom is -0.192 e. The lowest BCUT2D eigenvalue weighted by atomic mass is 10.1. The fourth-order valence-corrected chi connectivity index (χ4v) is 3.14. The molecule has 6 heteroatoms. The van der Waals surface area contributed by atoms with Gasteiger partial charge in [-0.15, -0.1) is 0 Å². The SMILES string of the molecule is N#Cc1c(Br)c(Br)c(Br)c(Br)c1C#N. The van der Waals surface area contributed by atoms with Crippen LogP contribution in [0, 0.1) is 22.7 Å². The average Bonchev–Trinajstić information content (AvgIpc) is 2.20. The van der Waals surface area contributed by atoms with E-state index >= 15 is 0 Å². The zero-order valence-electron chi connectivity index (χ0n) is 6.41. The fourth-order valence-electron chi connectivity index (χ4n) is 0.842. The van der Waals surface area contributed by atoms with Crippen LogP contribution in [0.4, 0.5) is 0 Å². The largest absolute Gasteiger partial charge is 0.192 e. The summed E-state index contributed by atoms with van der Waals surface area (Å²) in [4.78, 5) is 0. The normalized spacial score (nSPS) is 9.29. The first-order chi connectivity index (χ1) is 6.54. The molecular weight excluding hydrogens is 444 g/mol. The van der Waals surface area contributed by atoms with E-state index < -0.39 is 0 Å². The summed E-state index contributed by atoms with van der Waals surface area (Å²) in [6.45, 7) is 0. The van der Waals surface area contributed by atoms with E-state index in [0.717, 1.165) is 0 Å². The molecule has 70 valence electrons. The summed E-state index contributed by atoms with van der Waals surface area (Å²) in [7, 11) is 0. The first kappa shape index (κ1) is 12.2. The van der Waals surface area contributed by atoms with Crippen LogP contribution in [0.25, 0.3) is 0 Å². The van der Waals surface area contributed by atoms with Gasteiger partial charge in [-0.25, -0.2) is 0 Å². The molecular formula is C8Br4N2. The number of hydrogen-bond donors (Lipinski definition) is 0. The molecule has 0 bridgehead atoms. The Hall–Kier alpha value is 0.120. The molecule has 0 N–H and O–H groups in total. The maximum atomic E-state index is 8.88. The van der Waals surface area contributed by atoms with Gasteiger partial charge in [0.2, 0.25) is 0 Å². The molecule has 0 unspecified atom stereocenters. The summed E-state index contributed by atoms with van der Waals surface area (Å²) in [6, 6.07) is 3.95. The number of rotatable bonds is 0. The topological polar surface area (TPSA) is 47.6 Å². The Balaban J connectivity index is 3.79. The van der Waals surface area contributed by atoms with Crippen LogP contribution >= 0.6 is 63.7 Å². The molecule has 0 heterocycles. The van der Waals surface area contributed by atoms with E-state index in [-0.39, 0.29) is 0 Å². The van der Waals surface area contributed by atoms with Crippen LogP contribution in [0.3, 0.4) is 0 Å². The Labute approximate surface area is 114 Å². The Morgan fingerprint density at radius 1 is 0.643 bits per heavy atom. The third kappa shape index (κ3) is 1.90. The van der Waals surface area contributed by atoms with Crippen LogP contribution < -0.4 is 0 Å². The van der Waals surface area contributed by atoms with E-state index in [4.69, 9.17) is 10.5 Å². The summed E-state index contributed by atoms with van der Waals surface area (Å²) in [5.41, 5.74) is 0.629. The molecule has 0 radical (unpaired) electrons. The van der Waals surface area contributed by atoms with Crippen molar-refractivity contribution in [1.29, 1.82) is 10.5 Å². The number of halogens is 4. The minimum atomic E-state index is 0.314. The van der Waals surface area contributed by atoms with Crippen molar-refractivity contribution in [3.05, 3.63) is 29.0 Å². The average molecular weight is 444 g/mol. The van der Waals surface area contributed by atoms with Crippen molar-refractivity contribution in [3.63, 3.8) is 0 Å². The standard InChI is InChI=1S/C8Br4N2/c9-5-3(1-13)4(2-14)6(10)8(12)7(5)11. The van der Waals surface area contributed by atoms with Crippen molar-refractivity contribution in [2.75, 3.05) is 0 Å². The molecule has 0 atom stereocenters. The molecule has 0 fully saturated rings. The third-order valence-electron chi connectivity index (χ3n) is 1.49. The van der Waals surface area contributed by atoms with Crippen molar-refractivity contribution < 1.29 is 0 Å². The zero-order valence-corrected chi connectivity index (χ0v) is 12.8. The second-order valence-corrected chi connectivity index (χ2v) is 5.40. The number of hydrogen-bond acceptors (Lipinski definition) is 2. The summed E-state index contributed by atoms with van der Waals surface area (Å²) >= 11 is 13.1. The summed E-state index contributed by atoms with van der Waals surface area (Å²) < 4.78 is 2.57. The van der Waals surface area contributed by atoms with E-state index in [1.54, 1.807) is 0 Å². The first-order valence-corrected chi connectivity index (χ1v) is 6.38. The molecule has 0 aromatic heterocycles. The molecule has 14 heavy (non-hydrogen) atoms. The lowest BCUT2D eigenvalue weighted by Gasteiger charge is -2.07. The molecule has 0 aliphatic heterocycles. The fraction of sp³-hybridized carbons (Fsp3) is 0. The quantitative estimate of drug-likeness (QED) is 0.438. The highest BCUT2D eigenvalue weighted by atomic mass is 79.9. The van der Waals surface area contributed by atoms with E-state index in [9.17, 15) is 0 Å². The maximum Gasteiger partial charge on any atom is 0.102 e. The predicted molar refractivity (Wildman–Crippen MR) is 66.7 cm³/mol. The molecule has 0 amide bonds. The van der Waals surface area contributed by atoms with Crippen LogP contribution in [-0.2, 0) is 0 Å². The molecule has 1 aromatic carbocycles. The Morgan fingerprint density at radius 3 is 1.14 bits per heavy atom. The van der Waals surface area contributed by atoms with Crippen molar-refractivity contribution in [3.8, 4) is 12.1 Å². The lowest BCUT2D eigenvalue weighted by molar-refractivity contribution is 1.36. The molecule has 2 nitrogen and oxygen atoms in total. The molecule has 0 aliphatic rings.